The van der Waals surface area contributed by atoms with Crippen molar-refractivity contribution in [3.8, 4) is 16.9 Å². The lowest BCUT2D eigenvalue weighted by Crippen LogP contribution is -2.53. The van der Waals surface area contributed by atoms with Crippen molar-refractivity contribution in [3.05, 3.63) is 60.4 Å². The molecule has 2 amide bonds. The topological polar surface area (TPSA) is 83.0 Å². The SMILES string of the molecule is COc1ccc2cc(-c3ccc(C(=O)N4CCN(C(=O)C5(O)CC5)CC4)nc3)ccc2c1. The van der Waals surface area contributed by atoms with Gasteiger partial charge < -0.3 is 19.6 Å². The quantitative estimate of drug-likeness (QED) is 0.687. The molecule has 0 spiro atoms. The highest BCUT2D eigenvalue weighted by atomic mass is 16.5. The number of methoxy groups -OCH3 is 1. The van der Waals surface area contributed by atoms with Crippen LogP contribution in [-0.4, -0.2) is 70.6 Å². The first kappa shape index (κ1) is 20.5. The van der Waals surface area contributed by atoms with E-state index in [1.54, 1.807) is 29.2 Å². The van der Waals surface area contributed by atoms with E-state index in [0.717, 1.165) is 27.6 Å². The summed E-state index contributed by atoms with van der Waals surface area (Å²) in [6.45, 7) is 1.76. The molecule has 1 N–H and O–H groups in total. The Morgan fingerprint density at radius 2 is 1.56 bits per heavy atom. The van der Waals surface area contributed by atoms with Crippen LogP contribution in [0.15, 0.2) is 54.7 Å². The third-order valence-corrected chi connectivity index (χ3v) is 6.34. The molecule has 7 nitrogen and oxygen atoms in total. The molecule has 2 aromatic carbocycles. The van der Waals surface area contributed by atoms with E-state index in [1.165, 1.54) is 0 Å². The van der Waals surface area contributed by atoms with Crippen molar-refractivity contribution in [2.24, 2.45) is 0 Å². The molecule has 0 bridgehead atoms. The predicted octanol–water partition coefficient (Wildman–Crippen LogP) is 2.72. The second kappa shape index (κ2) is 7.91. The fraction of sp³-hybridized carbons (Fsp3) is 0.320. The van der Waals surface area contributed by atoms with Gasteiger partial charge in [-0.1, -0.05) is 24.3 Å². The number of carbonyl (C=O) groups excluding carboxylic acids is 2. The summed E-state index contributed by atoms with van der Waals surface area (Å²) in [7, 11) is 1.65. The van der Waals surface area contributed by atoms with Gasteiger partial charge in [-0.2, -0.15) is 0 Å². The van der Waals surface area contributed by atoms with Crippen LogP contribution >= 0.6 is 0 Å². The van der Waals surface area contributed by atoms with Gasteiger partial charge in [0.25, 0.3) is 11.8 Å². The van der Waals surface area contributed by atoms with Crippen molar-refractivity contribution >= 4 is 22.6 Å². The highest BCUT2D eigenvalue weighted by molar-refractivity contribution is 5.93. The van der Waals surface area contributed by atoms with E-state index in [4.69, 9.17) is 4.74 Å². The molecule has 0 atom stereocenters. The van der Waals surface area contributed by atoms with Crippen molar-refractivity contribution in [2.75, 3.05) is 33.3 Å². The van der Waals surface area contributed by atoms with Crippen molar-refractivity contribution < 1.29 is 19.4 Å². The van der Waals surface area contributed by atoms with E-state index in [2.05, 4.69) is 11.1 Å². The molecule has 0 radical (unpaired) electrons. The normalized spacial score (nSPS) is 17.3. The van der Waals surface area contributed by atoms with Gasteiger partial charge in [0, 0.05) is 37.9 Å². The van der Waals surface area contributed by atoms with Crippen molar-refractivity contribution in [3.63, 3.8) is 0 Å². The lowest BCUT2D eigenvalue weighted by atomic mass is 10.0. The van der Waals surface area contributed by atoms with Gasteiger partial charge in [0.15, 0.2) is 0 Å². The second-order valence-electron chi connectivity index (χ2n) is 8.48. The molecular formula is C25H25N3O4. The number of nitrogens with zero attached hydrogens (tertiary/aromatic N) is 3. The number of aliphatic hydroxyl groups is 1. The fourth-order valence-electron chi connectivity index (χ4n) is 4.12. The van der Waals surface area contributed by atoms with E-state index in [0.29, 0.717) is 44.7 Å². The van der Waals surface area contributed by atoms with Gasteiger partial charge in [-0.05, 0) is 53.4 Å². The molecule has 3 aromatic rings. The minimum absolute atomic E-state index is 0.139. The Kier molecular flexibility index (Phi) is 5.06. The largest absolute Gasteiger partial charge is 0.497 e. The number of benzene rings is 2. The number of ether oxygens (including phenoxy) is 1. The molecular weight excluding hydrogens is 406 g/mol. The van der Waals surface area contributed by atoms with E-state index >= 15 is 0 Å². The molecule has 1 aliphatic heterocycles. The monoisotopic (exact) mass is 431 g/mol. The highest BCUT2D eigenvalue weighted by Crippen LogP contribution is 2.37. The van der Waals surface area contributed by atoms with E-state index in [-0.39, 0.29) is 11.8 Å². The van der Waals surface area contributed by atoms with E-state index < -0.39 is 5.60 Å². The summed E-state index contributed by atoms with van der Waals surface area (Å²) in [5.41, 5.74) is 1.20. The second-order valence-corrected chi connectivity index (χ2v) is 8.48. The van der Waals surface area contributed by atoms with Crippen LogP contribution in [0, 0.1) is 0 Å². The van der Waals surface area contributed by atoms with Gasteiger partial charge in [0.2, 0.25) is 0 Å². The first-order chi connectivity index (χ1) is 15.5. The van der Waals surface area contributed by atoms with Crippen LogP contribution in [0.5, 0.6) is 5.75 Å². The number of aromatic nitrogens is 1. The third kappa shape index (κ3) is 3.80. The zero-order valence-corrected chi connectivity index (χ0v) is 18.0. The van der Waals surface area contributed by atoms with Crippen LogP contribution in [0.25, 0.3) is 21.9 Å². The summed E-state index contributed by atoms with van der Waals surface area (Å²) in [5, 5.41) is 12.2. The molecule has 2 fully saturated rings. The Bertz CT molecular complexity index is 1180. The fourth-order valence-corrected chi connectivity index (χ4v) is 4.12. The zero-order valence-electron chi connectivity index (χ0n) is 18.0. The molecule has 1 aliphatic carbocycles. The van der Waals surface area contributed by atoms with Gasteiger partial charge in [-0.25, -0.2) is 0 Å². The van der Waals surface area contributed by atoms with Gasteiger partial charge in [0.05, 0.1) is 7.11 Å². The summed E-state index contributed by atoms with van der Waals surface area (Å²) in [6.07, 6.45) is 2.79. The van der Waals surface area contributed by atoms with Crippen molar-refractivity contribution in [2.45, 2.75) is 18.4 Å². The van der Waals surface area contributed by atoms with Gasteiger partial charge >= 0.3 is 0 Å². The maximum atomic E-state index is 12.9. The molecule has 1 saturated heterocycles. The Morgan fingerprint density at radius 3 is 2.22 bits per heavy atom. The lowest BCUT2D eigenvalue weighted by molar-refractivity contribution is -0.143. The number of hydrogen-bond donors (Lipinski definition) is 1. The molecule has 2 aliphatic rings. The smallest absolute Gasteiger partial charge is 0.272 e. The van der Waals surface area contributed by atoms with Gasteiger partial charge in [0.1, 0.15) is 17.0 Å². The van der Waals surface area contributed by atoms with Crippen LogP contribution in [0.1, 0.15) is 23.3 Å². The number of hydrogen-bond acceptors (Lipinski definition) is 5. The molecule has 164 valence electrons. The summed E-state index contributed by atoms with van der Waals surface area (Å²) in [6, 6.07) is 15.8. The number of rotatable bonds is 4. The summed E-state index contributed by atoms with van der Waals surface area (Å²) >= 11 is 0. The van der Waals surface area contributed by atoms with E-state index in [9.17, 15) is 14.7 Å². The summed E-state index contributed by atoms with van der Waals surface area (Å²) < 4.78 is 5.28. The lowest BCUT2D eigenvalue weighted by Gasteiger charge is -2.35. The van der Waals surface area contributed by atoms with Crippen molar-refractivity contribution in [1.82, 2.24) is 14.8 Å². The number of carbonyl (C=O) groups is 2. The minimum Gasteiger partial charge on any atom is -0.497 e. The third-order valence-electron chi connectivity index (χ3n) is 6.34. The van der Waals surface area contributed by atoms with Crippen LogP contribution in [-0.2, 0) is 4.79 Å². The van der Waals surface area contributed by atoms with E-state index in [1.807, 2.05) is 36.4 Å². The first-order valence-corrected chi connectivity index (χ1v) is 10.8. The number of piperazine rings is 1. The molecule has 32 heavy (non-hydrogen) atoms. The summed E-state index contributed by atoms with van der Waals surface area (Å²) in [4.78, 5) is 32.9. The standard InChI is InChI=1S/C25H25N3O4/c1-32-21-6-4-17-14-18(2-3-19(17)15-21)20-5-7-22(26-16-20)23(29)27-10-12-28(13-11-27)24(30)25(31)8-9-25/h2-7,14-16,31H,8-13H2,1H3. The molecule has 1 aromatic heterocycles. The van der Waals surface area contributed by atoms with Crippen LogP contribution in [0.3, 0.4) is 0 Å². The predicted molar refractivity (Wildman–Crippen MR) is 120 cm³/mol. The van der Waals surface area contributed by atoms with Crippen LogP contribution < -0.4 is 4.74 Å². The Labute approximate surface area is 186 Å². The maximum absolute atomic E-state index is 12.9. The molecule has 2 heterocycles. The average molecular weight is 431 g/mol. The molecule has 0 unspecified atom stereocenters. The van der Waals surface area contributed by atoms with Gasteiger partial charge in [-0.15, -0.1) is 0 Å². The number of pyridine rings is 1. The Hall–Kier alpha value is -3.45. The molecule has 1 saturated carbocycles. The first-order valence-electron chi connectivity index (χ1n) is 10.8. The average Bonchev–Trinajstić information content (AvgIpc) is 3.61. The van der Waals surface area contributed by atoms with Crippen molar-refractivity contribution in [1.29, 1.82) is 0 Å². The zero-order chi connectivity index (χ0) is 22.3. The highest BCUT2D eigenvalue weighted by Gasteiger charge is 2.50. The number of fused-ring (bicyclic) bond motifs is 1. The molecule has 5 rings (SSSR count). The van der Waals surface area contributed by atoms with Crippen LogP contribution in [0.4, 0.5) is 0 Å². The number of amides is 2. The maximum Gasteiger partial charge on any atom is 0.272 e. The van der Waals surface area contributed by atoms with Gasteiger partial charge in [-0.3, -0.25) is 14.6 Å². The minimum atomic E-state index is -1.15. The molecule has 7 heteroatoms. The Balaban J connectivity index is 1.26. The Morgan fingerprint density at radius 1 is 0.906 bits per heavy atom. The summed E-state index contributed by atoms with van der Waals surface area (Å²) in [5.74, 6) is 0.476. The van der Waals surface area contributed by atoms with Crippen LogP contribution in [0.2, 0.25) is 0 Å².